The van der Waals surface area contributed by atoms with Crippen molar-refractivity contribution in [3.63, 3.8) is 0 Å². The summed E-state index contributed by atoms with van der Waals surface area (Å²) >= 11 is 2.79. The van der Waals surface area contributed by atoms with Gasteiger partial charge in [0.1, 0.15) is 0 Å². The highest BCUT2D eigenvalue weighted by Crippen LogP contribution is 2.33. The Morgan fingerprint density at radius 1 is 1.52 bits per heavy atom. The Bertz CT molecular complexity index is 723. The lowest BCUT2D eigenvalue weighted by Crippen LogP contribution is -2.17. The average Bonchev–Trinajstić information content (AvgIpc) is 2.86. The van der Waals surface area contributed by atoms with Crippen molar-refractivity contribution in [2.45, 2.75) is 28.4 Å². The summed E-state index contributed by atoms with van der Waals surface area (Å²) in [5, 5.41) is 19.0. The van der Waals surface area contributed by atoms with Crippen molar-refractivity contribution in [3.8, 4) is 0 Å². The topological polar surface area (TPSA) is 109 Å². The minimum Gasteiger partial charge on any atom is -0.409 e. The molecule has 0 aliphatic heterocycles. The van der Waals surface area contributed by atoms with Gasteiger partial charge in [0.2, 0.25) is 0 Å². The molecule has 2 rings (SSSR count). The molecule has 2 aromatic rings. The zero-order valence-electron chi connectivity index (χ0n) is 11.5. The highest BCUT2D eigenvalue weighted by atomic mass is 32.2. The summed E-state index contributed by atoms with van der Waals surface area (Å²) in [6.07, 6.45) is 1.91. The van der Waals surface area contributed by atoms with Gasteiger partial charge in [0.25, 0.3) is 0 Å². The standard InChI is InChI=1S/C12H15N5O2S2/c1-3-17-11(18)14-15-12(17)21-8-6-4-5-7(20-2)9(8)10(13)16-19/h4-6,19H,3H2,1-2H3,(H2,13,16)(H,14,18). The summed E-state index contributed by atoms with van der Waals surface area (Å²) in [6, 6.07) is 5.61. The van der Waals surface area contributed by atoms with E-state index in [2.05, 4.69) is 15.4 Å². The molecular formula is C12H15N5O2S2. The van der Waals surface area contributed by atoms with Crippen LogP contribution < -0.4 is 11.4 Å². The normalized spacial score (nSPS) is 11.8. The molecular weight excluding hydrogens is 310 g/mol. The van der Waals surface area contributed by atoms with E-state index in [9.17, 15) is 4.79 Å². The third kappa shape index (κ3) is 3.08. The molecule has 21 heavy (non-hydrogen) atoms. The summed E-state index contributed by atoms with van der Waals surface area (Å²) in [6.45, 7) is 2.38. The first kappa shape index (κ1) is 15.5. The molecule has 0 amide bonds. The van der Waals surface area contributed by atoms with Crippen LogP contribution in [0.3, 0.4) is 0 Å². The maximum atomic E-state index is 11.6. The van der Waals surface area contributed by atoms with E-state index in [0.717, 1.165) is 9.79 Å². The van der Waals surface area contributed by atoms with Crippen molar-refractivity contribution >= 4 is 29.4 Å². The van der Waals surface area contributed by atoms with Gasteiger partial charge in [-0.05, 0) is 37.1 Å². The van der Waals surface area contributed by atoms with Crippen molar-refractivity contribution in [2.75, 3.05) is 6.26 Å². The van der Waals surface area contributed by atoms with Crippen LogP contribution in [0.4, 0.5) is 0 Å². The Labute approximate surface area is 129 Å². The first-order chi connectivity index (χ1) is 10.1. The predicted octanol–water partition coefficient (Wildman–Crippen LogP) is 1.56. The van der Waals surface area contributed by atoms with Gasteiger partial charge in [0, 0.05) is 21.9 Å². The number of benzene rings is 1. The summed E-state index contributed by atoms with van der Waals surface area (Å²) in [7, 11) is 0. The van der Waals surface area contributed by atoms with Crippen LogP contribution >= 0.6 is 23.5 Å². The largest absolute Gasteiger partial charge is 0.409 e. The van der Waals surface area contributed by atoms with Crippen LogP contribution in [0, 0.1) is 0 Å². The second kappa shape index (κ2) is 6.72. The molecule has 0 aliphatic rings. The summed E-state index contributed by atoms with van der Waals surface area (Å²) in [5.41, 5.74) is 6.15. The van der Waals surface area contributed by atoms with Crippen molar-refractivity contribution in [2.24, 2.45) is 10.9 Å². The van der Waals surface area contributed by atoms with Crippen molar-refractivity contribution in [1.82, 2.24) is 14.8 Å². The van der Waals surface area contributed by atoms with E-state index in [1.165, 1.54) is 28.1 Å². The van der Waals surface area contributed by atoms with Crippen molar-refractivity contribution in [3.05, 3.63) is 34.2 Å². The van der Waals surface area contributed by atoms with Crippen LogP contribution in [0.1, 0.15) is 12.5 Å². The Morgan fingerprint density at radius 3 is 2.86 bits per heavy atom. The lowest BCUT2D eigenvalue weighted by atomic mass is 10.2. The Morgan fingerprint density at radius 2 is 2.24 bits per heavy atom. The Balaban J connectivity index is 2.51. The molecule has 4 N–H and O–H groups in total. The third-order valence-electron chi connectivity index (χ3n) is 2.81. The van der Waals surface area contributed by atoms with E-state index < -0.39 is 0 Å². The minimum absolute atomic E-state index is 0.0309. The van der Waals surface area contributed by atoms with Crippen LogP contribution in [0.2, 0.25) is 0 Å². The number of aromatic nitrogens is 3. The smallest absolute Gasteiger partial charge is 0.343 e. The third-order valence-corrected chi connectivity index (χ3v) is 4.65. The maximum Gasteiger partial charge on any atom is 0.343 e. The van der Waals surface area contributed by atoms with Gasteiger partial charge in [-0.15, -0.1) is 16.9 Å². The van der Waals surface area contributed by atoms with Crippen LogP contribution in [0.15, 0.2) is 43.1 Å². The molecule has 1 aromatic heterocycles. The number of rotatable bonds is 5. The van der Waals surface area contributed by atoms with Gasteiger partial charge in [-0.25, -0.2) is 9.89 Å². The number of hydrogen-bond acceptors (Lipinski definition) is 6. The number of aromatic amines is 1. The van der Waals surface area contributed by atoms with Crippen LogP contribution in [-0.4, -0.2) is 32.1 Å². The first-order valence-electron chi connectivity index (χ1n) is 6.10. The lowest BCUT2D eigenvalue weighted by Gasteiger charge is -2.11. The van der Waals surface area contributed by atoms with Crippen molar-refractivity contribution < 1.29 is 5.21 Å². The maximum absolute atomic E-state index is 11.6. The molecule has 9 heteroatoms. The molecule has 0 unspecified atom stereocenters. The molecule has 112 valence electrons. The van der Waals surface area contributed by atoms with Gasteiger partial charge in [0.15, 0.2) is 11.0 Å². The lowest BCUT2D eigenvalue weighted by molar-refractivity contribution is 0.318. The zero-order valence-corrected chi connectivity index (χ0v) is 13.2. The summed E-state index contributed by atoms with van der Waals surface area (Å²) < 4.78 is 1.52. The zero-order chi connectivity index (χ0) is 15.4. The van der Waals surface area contributed by atoms with Crippen LogP contribution in [-0.2, 0) is 6.54 Å². The Hall–Kier alpha value is -1.87. The molecule has 0 saturated heterocycles. The molecule has 0 radical (unpaired) electrons. The number of amidine groups is 1. The molecule has 1 aromatic carbocycles. The summed E-state index contributed by atoms with van der Waals surface area (Å²) in [4.78, 5) is 13.3. The summed E-state index contributed by atoms with van der Waals surface area (Å²) in [5.74, 6) is 0.0309. The van der Waals surface area contributed by atoms with E-state index in [1.54, 1.807) is 0 Å². The molecule has 0 fully saturated rings. The minimum atomic E-state index is -0.258. The van der Waals surface area contributed by atoms with Crippen molar-refractivity contribution in [1.29, 1.82) is 0 Å². The fraction of sp³-hybridized carbons (Fsp3) is 0.250. The fourth-order valence-electron chi connectivity index (χ4n) is 1.83. The predicted molar refractivity (Wildman–Crippen MR) is 83.4 cm³/mol. The molecule has 1 heterocycles. The van der Waals surface area contributed by atoms with Gasteiger partial charge < -0.3 is 10.9 Å². The van der Waals surface area contributed by atoms with E-state index in [4.69, 9.17) is 10.9 Å². The van der Waals surface area contributed by atoms with Gasteiger partial charge in [-0.2, -0.15) is 0 Å². The van der Waals surface area contributed by atoms with E-state index in [-0.39, 0.29) is 11.5 Å². The monoisotopic (exact) mass is 325 g/mol. The quantitative estimate of drug-likeness (QED) is 0.253. The number of oxime groups is 1. The molecule has 0 bridgehead atoms. The second-order valence-electron chi connectivity index (χ2n) is 3.98. The first-order valence-corrected chi connectivity index (χ1v) is 8.14. The van der Waals surface area contributed by atoms with E-state index >= 15 is 0 Å². The fourth-order valence-corrected chi connectivity index (χ4v) is 3.60. The number of nitrogens with two attached hydrogens (primary N) is 1. The van der Waals surface area contributed by atoms with Gasteiger partial charge in [0.05, 0.1) is 0 Å². The van der Waals surface area contributed by atoms with E-state index in [1.807, 2.05) is 31.4 Å². The number of hydrogen-bond donors (Lipinski definition) is 3. The molecule has 7 nitrogen and oxygen atoms in total. The van der Waals surface area contributed by atoms with Gasteiger partial charge in [-0.1, -0.05) is 11.2 Å². The molecule has 0 atom stereocenters. The number of nitrogens with one attached hydrogen (secondary N) is 1. The SMILES string of the molecule is CCn1c(Sc2cccc(SC)c2/C(N)=N/O)n[nH]c1=O. The van der Waals surface area contributed by atoms with Gasteiger partial charge >= 0.3 is 5.69 Å². The van der Waals surface area contributed by atoms with Gasteiger partial charge in [-0.3, -0.25) is 4.57 Å². The number of H-pyrrole nitrogens is 1. The number of thioether (sulfide) groups is 1. The van der Waals surface area contributed by atoms with Crippen LogP contribution in [0.25, 0.3) is 0 Å². The Kier molecular flexibility index (Phi) is 4.97. The van der Waals surface area contributed by atoms with E-state index in [0.29, 0.717) is 17.3 Å². The van der Waals surface area contributed by atoms with Crippen LogP contribution in [0.5, 0.6) is 0 Å². The average molecular weight is 325 g/mol. The second-order valence-corrected chi connectivity index (χ2v) is 5.83. The molecule has 0 spiro atoms. The molecule has 0 saturated carbocycles. The number of nitrogens with zero attached hydrogens (tertiary/aromatic N) is 3. The molecule has 0 aliphatic carbocycles. The highest BCUT2D eigenvalue weighted by Gasteiger charge is 2.16. The highest BCUT2D eigenvalue weighted by molar-refractivity contribution is 7.99.